The van der Waals surface area contributed by atoms with Crippen molar-refractivity contribution in [3.63, 3.8) is 0 Å². The Morgan fingerprint density at radius 2 is 2.00 bits per heavy atom. The molecule has 0 radical (unpaired) electrons. The maximum atomic E-state index is 6.20. The number of aryl methyl sites for hydroxylation is 1. The molecule has 0 saturated heterocycles. The molecule has 0 bridgehead atoms. The van der Waals surface area contributed by atoms with Crippen LogP contribution in [0.2, 0.25) is 0 Å². The molecule has 2 N–H and O–H groups in total. The highest BCUT2D eigenvalue weighted by atomic mass is 16.5. The van der Waals surface area contributed by atoms with Gasteiger partial charge in [-0.1, -0.05) is 24.3 Å². The van der Waals surface area contributed by atoms with Crippen LogP contribution in [0.1, 0.15) is 22.9 Å². The van der Waals surface area contributed by atoms with Crippen molar-refractivity contribution in [3.05, 3.63) is 53.2 Å². The summed E-state index contributed by atoms with van der Waals surface area (Å²) in [6.07, 6.45) is 0.770. The van der Waals surface area contributed by atoms with Gasteiger partial charge in [0.2, 0.25) is 5.88 Å². The molecule has 18 heavy (non-hydrogen) atoms. The lowest BCUT2D eigenvalue weighted by molar-refractivity contribution is 0.175. The number of nitrogens with two attached hydrogens (primary N) is 1. The first-order valence-corrected chi connectivity index (χ1v) is 6.04. The molecule has 2 atom stereocenters. The first kappa shape index (κ1) is 11.2. The van der Waals surface area contributed by atoms with E-state index in [2.05, 4.69) is 22.3 Å². The molecule has 4 nitrogen and oxygen atoms in total. The first-order valence-electron chi connectivity index (χ1n) is 6.04. The minimum atomic E-state index is -0.0932. The monoisotopic (exact) mass is 241 g/mol. The van der Waals surface area contributed by atoms with E-state index < -0.39 is 0 Å². The number of nitrogens with zero attached hydrogens (tertiary/aromatic N) is 2. The molecule has 1 aromatic heterocycles. The second-order valence-corrected chi connectivity index (χ2v) is 4.60. The molecule has 2 aromatic rings. The summed E-state index contributed by atoms with van der Waals surface area (Å²) in [6.45, 7) is 1.90. The Kier molecular flexibility index (Phi) is 2.72. The van der Waals surface area contributed by atoms with Crippen molar-refractivity contribution in [2.45, 2.75) is 25.5 Å². The van der Waals surface area contributed by atoms with Gasteiger partial charge in [-0.05, 0) is 24.1 Å². The van der Waals surface area contributed by atoms with E-state index in [1.54, 1.807) is 0 Å². The summed E-state index contributed by atoms with van der Waals surface area (Å²) in [5.74, 6) is 0.536. The second-order valence-electron chi connectivity index (χ2n) is 4.60. The largest absolute Gasteiger partial charge is 0.471 e. The van der Waals surface area contributed by atoms with Gasteiger partial charge in [-0.25, -0.2) is 0 Å². The summed E-state index contributed by atoms with van der Waals surface area (Å²) < 4.78 is 5.83. The van der Waals surface area contributed by atoms with Gasteiger partial charge in [-0.3, -0.25) is 0 Å². The van der Waals surface area contributed by atoms with Crippen LogP contribution in [0.4, 0.5) is 0 Å². The van der Waals surface area contributed by atoms with Crippen LogP contribution in [0, 0.1) is 6.92 Å². The van der Waals surface area contributed by atoms with Gasteiger partial charge in [0.25, 0.3) is 0 Å². The minimum absolute atomic E-state index is 0.0561. The van der Waals surface area contributed by atoms with Gasteiger partial charge >= 0.3 is 0 Å². The fourth-order valence-corrected chi connectivity index (χ4v) is 2.31. The zero-order valence-electron chi connectivity index (χ0n) is 10.2. The van der Waals surface area contributed by atoms with Gasteiger partial charge in [-0.15, -0.1) is 5.10 Å². The molecule has 1 aliphatic rings. The smallest absolute Gasteiger partial charge is 0.233 e. The van der Waals surface area contributed by atoms with Gasteiger partial charge in [0.05, 0.1) is 11.7 Å². The van der Waals surface area contributed by atoms with E-state index in [9.17, 15) is 0 Å². The Hall–Kier alpha value is -1.94. The first-order chi connectivity index (χ1) is 8.74. The summed E-state index contributed by atoms with van der Waals surface area (Å²) in [7, 11) is 0. The summed E-state index contributed by atoms with van der Waals surface area (Å²) >= 11 is 0. The maximum absolute atomic E-state index is 6.20. The predicted octanol–water partition coefficient (Wildman–Crippen LogP) is 1.79. The van der Waals surface area contributed by atoms with Gasteiger partial charge in [-0.2, -0.15) is 5.10 Å². The molecule has 1 aromatic carbocycles. The molecule has 0 saturated carbocycles. The molecule has 0 fully saturated rings. The van der Waals surface area contributed by atoms with Crippen LogP contribution in [0.25, 0.3) is 0 Å². The third kappa shape index (κ3) is 1.95. The summed E-state index contributed by atoms with van der Waals surface area (Å²) in [4.78, 5) is 0. The maximum Gasteiger partial charge on any atom is 0.233 e. The molecule has 92 valence electrons. The molecule has 4 heteroatoms. The molecular formula is C14H15N3O. The molecule has 0 amide bonds. The SMILES string of the molecule is Cc1ccc(OC2Cc3ccccc3C2N)nn1. The van der Waals surface area contributed by atoms with Crippen molar-refractivity contribution in [3.8, 4) is 5.88 Å². The van der Waals surface area contributed by atoms with E-state index in [0.717, 1.165) is 12.1 Å². The van der Waals surface area contributed by atoms with Crippen LogP contribution in [-0.4, -0.2) is 16.3 Å². The van der Waals surface area contributed by atoms with Crippen LogP contribution in [0.15, 0.2) is 36.4 Å². The average molecular weight is 241 g/mol. The molecule has 3 rings (SSSR count). The quantitative estimate of drug-likeness (QED) is 0.870. The van der Waals surface area contributed by atoms with E-state index in [-0.39, 0.29) is 12.1 Å². The van der Waals surface area contributed by atoms with E-state index >= 15 is 0 Å². The van der Waals surface area contributed by atoms with Gasteiger partial charge in [0.15, 0.2) is 0 Å². The topological polar surface area (TPSA) is 61.0 Å². The Labute approximate surface area is 106 Å². The van der Waals surface area contributed by atoms with Crippen molar-refractivity contribution >= 4 is 0 Å². The van der Waals surface area contributed by atoms with Crippen LogP contribution in [0.3, 0.4) is 0 Å². The van der Waals surface area contributed by atoms with Crippen molar-refractivity contribution in [2.24, 2.45) is 5.73 Å². The number of aromatic nitrogens is 2. The van der Waals surface area contributed by atoms with E-state index in [1.165, 1.54) is 11.1 Å². The highest BCUT2D eigenvalue weighted by molar-refractivity contribution is 5.36. The van der Waals surface area contributed by atoms with Crippen molar-refractivity contribution in [1.82, 2.24) is 10.2 Å². The summed E-state index contributed by atoms with van der Waals surface area (Å²) in [5, 5.41) is 7.99. The fourth-order valence-electron chi connectivity index (χ4n) is 2.31. The Bertz CT molecular complexity index is 553. The van der Waals surface area contributed by atoms with Crippen LogP contribution < -0.4 is 10.5 Å². The number of hydrogen-bond donors (Lipinski definition) is 1. The van der Waals surface area contributed by atoms with Crippen LogP contribution >= 0.6 is 0 Å². The van der Waals surface area contributed by atoms with Crippen molar-refractivity contribution in [2.75, 3.05) is 0 Å². The molecular weight excluding hydrogens is 226 g/mol. The standard InChI is InChI=1S/C14H15N3O/c1-9-6-7-13(17-16-9)18-12-8-10-4-2-3-5-11(10)14(12)15/h2-7,12,14H,8,15H2,1H3. The lowest BCUT2D eigenvalue weighted by Gasteiger charge is -2.17. The molecule has 1 heterocycles. The van der Waals surface area contributed by atoms with Crippen molar-refractivity contribution in [1.29, 1.82) is 0 Å². The third-order valence-corrected chi connectivity index (χ3v) is 3.28. The Morgan fingerprint density at radius 3 is 2.72 bits per heavy atom. The number of fused-ring (bicyclic) bond motifs is 1. The summed E-state index contributed by atoms with van der Waals surface area (Å²) in [6, 6.07) is 11.8. The molecule has 0 spiro atoms. The lowest BCUT2D eigenvalue weighted by atomic mass is 10.1. The third-order valence-electron chi connectivity index (χ3n) is 3.28. The predicted molar refractivity (Wildman–Crippen MR) is 68.3 cm³/mol. The van der Waals surface area contributed by atoms with E-state index in [0.29, 0.717) is 5.88 Å². The zero-order chi connectivity index (χ0) is 12.5. The lowest BCUT2D eigenvalue weighted by Crippen LogP contribution is -2.28. The zero-order valence-corrected chi connectivity index (χ0v) is 10.2. The number of benzene rings is 1. The normalized spacial score (nSPS) is 21.7. The van der Waals surface area contributed by atoms with Crippen molar-refractivity contribution < 1.29 is 4.74 Å². The average Bonchev–Trinajstić information content (AvgIpc) is 2.70. The number of hydrogen-bond acceptors (Lipinski definition) is 4. The Morgan fingerprint density at radius 1 is 1.17 bits per heavy atom. The highest BCUT2D eigenvalue weighted by Crippen LogP contribution is 2.31. The Balaban J connectivity index is 1.78. The molecule has 1 aliphatic carbocycles. The van der Waals surface area contributed by atoms with E-state index in [1.807, 2.05) is 31.2 Å². The summed E-state index contributed by atoms with van der Waals surface area (Å²) in [5.41, 5.74) is 9.50. The van der Waals surface area contributed by atoms with Crippen LogP contribution in [0.5, 0.6) is 5.88 Å². The number of ether oxygens (including phenoxy) is 1. The van der Waals surface area contributed by atoms with Gasteiger partial charge in [0, 0.05) is 12.5 Å². The van der Waals surface area contributed by atoms with Crippen LogP contribution in [-0.2, 0) is 6.42 Å². The molecule has 0 aliphatic heterocycles. The minimum Gasteiger partial charge on any atom is -0.471 e. The van der Waals surface area contributed by atoms with E-state index in [4.69, 9.17) is 10.5 Å². The number of rotatable bonds is 2. The van der Waals surface area contributed by atoms with Gasteiger partial charge < -0.3 is 10.5 Å². The fraction of sp³-hybridized carbons (Fsp3) is 0.286. The molecule has 2 unspecified atom stereocenters. The second kappa shape index (κ2) is 4.38. The van der Waals surface area contributed by atoms with Gasteiger partial charge in [0.1, 0.15) is 6.10 Å². The highest BCUT2D eigenvalue weighted by Gasteiger charge is 2.31.